The number of thiophene rings is 1. The van der Waals surface area contributed by atoms with E-state index in [1.807, 2.05) is 50.4 Å². The van der Waals surface area contributed by atoms with Crippen LogP contribution in [0.5, 0.6) is 0 Å². The summed E-state index contributed by atoms with van der Waals surface area (Å²) < 4.78 is 37.8. The summed E-state index contributed by atoms with van der Waals surface area (Å²) in [5.74, 6) is -5.15. The van der Waals surface area contributed by atoms with Crippen LogP contribution in [0.3, 0.4) is 0 Å². The number of likely N-dealkylation sites (N-methyl/N-ethyl adjacent to an activating group) is 1. The van der Waals surface area contributed by atoms with Gasteiger partial charge in [0.2, 0.25) is 6.10 Å². The van der Waals surface area contributed by atoms with E-state index in [0.717, 1.165) is 4.88 Å². The van der Waals surface area contributed by atoms with Crippen molar-refractivity contribution in [2.75, 3.05) is 27.3 Å². The van der Waals surface area contributed by atoms with Crippen LogP contribution in [0.2, 0.25) is 0 Å². The van der Waals surface area contributed by atoms with Gasteiger partial charge in [0.15, 0.2) is 17.9 Å². The first-order valence-electron chi connectivity index (χ1n) is 20.4. The molecule has 6 heterocycles. The predicted molar refractivity (Wildman–Crippen MR) is 215 cm³/mol. The summed E-state index contributed by atoms with van der Waals surface area (Å²) in [7, 11) is 3.73. The highest BCUT2D eigenvalue weighted by Gasteiger charge is 2.53. The quantitative estimate of drug-likeness (QED) is 0.301. The molecule has 0 spiro atoms. The lowest BCUT2D eigenvalue weighted by Crippen LogP contribution is -2.60. The Balaban J connectivity index is 1.48. The molecular weight excluding hydrogens is 787 g/mol. The van der Waals surface area contributed by atoms with Crippen molar-refractivity contribution in [3.05, 3.63) is 23.3 Å². The lowest BCUT2D eigenvalue weighted by Gasteiger charge is -2.47. The Kier molecular flexibility index (Phi) is 13.9. The van der Waals surface area contributed by atoms with Crippen LogP contribution in [0.1, 0.15) is 80.5 Å². The van der Waals surface area contributed by atoms with Gasteiger partial charge in [-0.25, -0.2) is 4.99 Å². The molecule has 3 fully saturated rings. The molecule has 2 N–H and O–H groups in total. The van der Waals surface area contributed by atoms with Gasteiger partial charge in [0.05, 0.1) is 48.4 Å². The van der Waals surface area contributed by atoms with E-state index in [1.165, 1.54) is 25.2 Å². The van der Waals surface area contributed by atoms with E-state index in [2.05, 4.69) is 15.3 Å². The number of ether oxygens (including phenoxy) is 5. The van der Waals surface area contributed by atoms with Gasteiger partial charge >= 0.3 is 5.97 Å². The van der Waals surface area contributed by atoms with Crippen molar-refractivity contribution in [2.45, 2.75) is 141 Å². The molecule has 0 aliphatic carbocycles. The van der Waals surface area contributed by atoms with E-state index in [4.69, 9.17) is 38.0 Å². The minimum absolute atomic E-state index is 0.123. The lowest BCUT2D eigenvalue weighted by molar-refractivity contribution is -0.296. The molecule has 1 amide bonds. The van der Waals surface area contributed by atoms with Crippen molar-refractivity contribution in [3.63, 3.8) is 0 Å². The lowest BCUT2D eigenvalue weighted by atomic mass is 9.73. The van der Waals surface area contributed by atoms with Gasteiger partial charge in [0.25, 0.3) is 11.8 Å². The number of aliphatic hydroxyl groups excluding tert-OH is 1. The first-order chi connectivity index (χ1) is 27.8. The van der Waals surface area contributed by atoms with Crippen LogP contribution >= 0.6 is 11.3 Å². The zero-order valence-electron chi connectivity index (χ0n) is 35.5. The minimum atomic E-state index is -1.86. The fraction of sp³-hybridized carbons (Fsp3) is 0.732. The average Bonchev–Trinajstić information content (AvgIpc) is 3.89. The predicted octanol–water partition coefficient (Wildman–Crippen LogP) is 3.64. The molecule has 4 bridgehead atoms. The van der Waals surface area contributed by atoms with Gasteiger partial charge in [0, 0.05) is 23.6 Å². The molecule has 4 aliphatic rings. The average molecular weight is 846 g/mol. The monoisotopic (exact) mass is 845 g/mol. The second-order valence-electron chi connectivity index (χ2n) is 17.2. The number of cyclic esters (lactones) is 1. The van der Waals surface area contributed by atoms with Gasteiger partial charge in [0.1, 0.15) is 29.4 Å². The van der Waals surface area contributed by atoms with Gasteiger partial charge in [-0.15, -0.1) is 11.3 Å². The van der Waals surface area contributed by atoms with Crippen molar-refractivity contribution >= 4 is 40.4 Å². The van der Waals surface area contributed by atoms with Gasteiger partial charge in [-0.05, 0) is 78.4 Å². The molecule has 17 nitrogen and oxygen atoms in total. The summed E-state index contributed by atoms with van der Waals surface area (Å²) >= 11 is 1.43. The summed E-state index contributed by atoms with van der Waals surface area (Å²) in [5, 5.41) is 34.4. The second-order valence-corrected chi connectivity index (χ2v) is 18.1. The molecule has 6 rings (SSSR count). The maximum atomic E-state index is 14.5. The number of rotatable bonds is 7. The molecule has 326 valence electrons. The Labute approximate surface area is 348 Å². The van der Waals surface area contributed by atoms with Crippen LogP contribution < -0.4 is 0 Å². The molecule has 0 aromatic carbocycles. The highest BCUT2D eigenvalue weighted by atomic mass is 32.1. The van der Waals surface area contributed by atoms with Crippen molar-refractivity contribution in [1.82, 2.24) is 15.0 Å². The van der Waals surface area contributed by atoms with E-state index in [0.29, 0.717) is 18.0 Å². The molecule has 3 saturated heterocycles. The van der Waals surface area contributed by atoms with Crippen LogP contribution in [0, 0.1) is 23.7 Å². The van der Waals surface area contributed by atoms with E-state index >= 15 is 0 Å². The number of hydrogen-bond acceptors (Lipinski definition) is 17. The molecule has 2 aromatic heterocycles. The van der Waals surface area contributed by atoms with Crippen LogP contribution in [-0.4, -0.2) is 142 Å². The number of nitrogens with zero attached hydrogens (tertiary/aromatic N) is 5. The Morgan fingerprint density at radius 2 is 1.81 bits per heavy atom. The smallest absolute Gasteiger partial charge is 0.316 e. The molecule has 4 aliphatic heterocycles. The number of Topliss-reactive ketones (excluding diaryl/α,β-unsaturated/α-hetero) is 1. The number of amides is 1. The molecule has 1 unspecified atom stereocenters. The number of carbonyl (C=O) groups excluding carboxylic acids is 3. The largest absolute Gasteiger partial charge is 0.459 e. The van der Waals surface area contributed by atoms with E-state index in [-0.39, 0.29) is 56.2 Å². The first-order valence-corrected chi connectivity index (χ1v) is 21.3. The number of oxime groups is 1. The number of aliphatic hydroxyl groups is 2. The topological polar surface area (TPSA) is 214 Å². The number of carbonyl (C=O) groups is 3. The number of aromatic nitrogens is 2. The summed E-state index contributed by atoms with van der Waals surface area (Å²) in [4.78, 5) is 60.5. The molecular formula is C41H59N5O12S. The highest BCUT2D eigenvalue weighted by molar-refractivity contribution is 7.13. The number of aliphatic imine (C=N–C) groups is 1. The molecule has 2 aromatic rings. The number of esters is 1. The molecule has 14 atom stereocenters. The summed E-state index contributed by atoms with van der Waals surface area (Å²) in [6, 6.07) is 3.38. The van der Waals surface area contributed by atoms with E-state index in [1.54, 1.807) is 27.7 Å². The summed E-state index contributed by atoms with van der Waals surface area (Å²) in [6.07, 6.45) is -6.53. The van der Waals surface area contributed by atoms with Crippen molar-refractivity contribution in [2.24, 2.45) is 33.8 Å². The van der Waals surface area contributed by atoms with Crippen molar-refractivity contribution in [1.29, 1.82) is 0 Å². The van der Waals surface area contributed by atoms with Crippen molar-refractivity contribution in [3.8, 4) is 10.8 Å². The zero-order chi connectivity index (χ0) is 43.0. The molecule has 0 radical (unpaired) electrons. The molecule has 59 heavy (non-hydrogen) atoms. The number of fused-ring (bicyclic) bond motifs is 4. The Morgan fingerprint density at radius 3 is 2.49 bits per heavy atom. The first kappa shape index (κ1) is 45.0. The van der Waals surface area contributed by atoms with Gasteiger partial charge < -0.3 is 48.2 Å². The third-order valence-electron chi connectivity index (χ3n) is 12.2. The van der Waals surface area contributed by atoms with E-state index < -0.39 is 89.3 Å². The SMILES string of the molecule is CC[C@H]1OC(=O)[C@H](C)C(=O)[C@H](C)[C@@H](O[C@@H]2O[C@H](C)C[C@H](N(C)C)[C@H]2O)[C@@]2(C)C[C@@H](C)C3=NC(=O)C(Cc4noc(-c5cccs5)n4)O/N=C(/CO[C@H]([C@H]3C)[C@]1(C)O)CO2. The minimum Gasteiger partial charge on any atom is -0.459 e. The van der Waals surface area contributed by atoms with Crippen LogP contribution in [0.4, 0.5) is 0 Å². The summed E-state index contributed by atoms with van der Waals surface area (Å²) in [5.41, 5.74) is -2.71. The third-order valence-corrected chi connectivity index (χ3v) is 13.1. The normalized spacial score (nSPS) is 40.0. The van der Waals surface area contributed by atoms with Crippen LogP contribution in [-0.2, 0) is 49.3 Å². The standard InChI is InChI=1S/C41H59N5O12S/c1-11-29-41(8,51)35-22(4)31-20(2)17-40(7,34(23(5)32(47)24(6)38(50)55-29)56-39-33(48)26(46(9)10)15-21(3)54-39)53-19-25(18-52-35)44-57-27(36(49)43-31)16-30-42-37(58-45-30)28-13-12-14-59-28/h12-14,20-24,26-27,29,33-35,39,48,51H,11,15-19H2,1-10H3/b43-31?,44-25-/t20-,21-,22+,23+,24-,26+,27?,29-,33-,34-,35-,39+,40-,41-/m1/s1. The Hall–Kier alpha value is -3.49. The Bertz CT molecular complexity index is 1870. The Morgan fingerprint density at radius 1 is 1.07 bits per heavy atom. The number of ketones is 1. The maximum Gasteiger partial charge on any atom is 0.316 e. The van der Waals surface area contributed by atoms with Crippen molar-refractivity contribution < 1.29 is 57.6 Å². The van der Waals surface area contributed by atoms with Crippen LogP contribution in [0.15, 0.2) is 32.2 Å². The fourth-order valence-electron chi connectivity index (χ4n) is 8.93. The van der Waals surface area contributed by atoms with E-state index in [9.17, 15) is 24.6 Å². The maximum absolute atomic E-state index is 14.5. The fourth-order valence-corrected chi connectivity index (χ4v) is 9.58. The third kappa shape index (κ3) is 9.54. The number of hydrogen-bond donors (Lipinski definition) is 2. The molecule has 0 saturated carbocycles. The highest BCUT2D eigenvalue weighted by Crippen LogP contribution is 2.40. The second kappa shape index (κ2) is 18.2. The van der Waals surface area contributed by atoms with Crippen LogP contribution in [0.25, 0.3) is 10.8 Å². The summed E-state index contributed by atoms with van der Waals surface area (Å²) in [6.45, 7) is 13.3. The van der Waals surface area contributed by atoms with Gasteiger partial charge in [-0.1, -0.05) is 44.1 Å². The zero-order valence-corrected chi connectivity index (χ0v) is 36.3. The molecule has 18 heteroatoms. The van der Waals surface area contributed by atoms with Gasteiger partial charge in [-0.3, -0.25) is 14.4 Å². The van der Waals surface area contributed by atoms with Gasteiger partial charge in [-0.2, -0.15) is 4.98 Å².